The molecule has 0 saturated heterocycles. The van der Waals surface area contributed by atoms with Crippen LogP contribution in [0.5, 0.6) is 0 Å². The number of nitrogens with one attached hydrogen (secondary N) is 2. The van der Waals surface area contributed by atoms with Gasteiger partial charge in [0.15, 0.2) is 0 Å². The number of carbonyl (C=O) groups excluding carboxylic acids is 3. The Hall–Kier alpha value is -3.09. The van der Waals surface area contributed by atoms with Gasteiger partial charge in [0.25, 0.3) is 0 Å². The number of halogens is 1. The third-order valence-corrected chi connectivity index (χ3v) is 6.84. The van der Waals surface area contributed by atoms with Crippen molar-refractivity contribution in [3.63, 3.8) is 0 Å². The minimum Gasteiger partial charge on any atom is -0.468 e. The molecule has 2 N–H and O–H groups in total. The molecule has 0 fully saturated rings. The number of rotatable bonds is 6. The van der Waals surface area contributed by atoms with Crippen molar-refractivity contribution in [1.82, 2.24) is 5.32 Å². The van der Waals surface area contributed by atoms with Gasteiger partial charge in [-0.1, -0.05) is 58.0 Å². The van der Waals surface area contributed by atoms with Crippen molar-refractivity contribution < 1.29 is 19.1 Å². The molecule has 1 heterocycles. The SMILES string of the molecule is COC(=O)[C@@H]1C(=O)NC(SCC(=O)Nc2ccc(Br)c(C)c2)=C(C#N)[C@H]1c1ccccc1. The van der Waals surface area contributed by atoms with Crippen molar-refractivity contribution in [3.05, 3.63) is 74.7 Å². The molecular weight excluding hydrogens is 494 g/mol. The number of methoxy groups -OCH3 is 1. The predicted molar refractivity (Wildman–Crippen MR) is 125 cm³/mol. The zero-order chi connectivity index (χ0) is 23.3. The van der Waals surface area contributed by atoms with Crippen LogP contribution in [0.1, 0.15) is 17.0 Å². The van der Waals surface area contributed by atoms with E-state index in [1.165, 1.54) is 7.11 Å². The van der Waals surface area contributed by atoms with E-state index >= 15 is 0 Å². The van der Waals surface area contributed by atoms with E-state index in [4.69, 9.17) is 4.74 Å². The molecular formula is C23H20BrN3O4S. The smallest absolute Gasteiger partial charge is 0.319 e. The number of aryl methyl sites for hydroxylation is 1. The Balaban J connectivity index is 1.85. The van der Waals surface area contributed by atoms with Crippen LogP contribution in [-0.2, 0) is 19.1 Å². The molecule has 0 unspecified atom stereocenters. The van der Waals surface area contributed by atoms with Crippen molar-refractivity contribution in [2.75, 3.05) is 18.2 Å². The first-order valence-corrected chi connectivity index (χ1v) is 11.4. The van der Waals surface area contributed by atoms with Gasteiger partial charge in [0.05, 0.1) is 29.5 Å². The first-order chi connectivity index (χ1) is 15.3. The zero-order valence-corrected chi connectivity index (χ0v) is 19.7. The normalized spacial score (nSPS) is 17.9. The number of benzene rings is 2. The first-order valence-electron chi connectivity index (χ1n) is 9.62. The summed E-state index contributed by atoms with van der Waals surface area (Å²) in [5.74, 6) is -3.61. The van der Waals surface area contributed by atoms with E-state index in [0.29, 0.717) is 11.3 Å². The van der Waals surface area contributed by atoms with Crippen LogP contribution in [0, 0.1) is 24.2 Å². The second kappa shape index (κ2) is 10.5. The van der Waals surface area contributed by atoms with Gasteiger partial charge in [0.2, 0.25) is 11.8 Å². The van der Waals surface area contributed by atoms with E-state index in [1.807, 2.05) is 19.1 Å². The number of nitriles is 1. The minimum atomic E-state index is -1.19. The molecule has 0 spiro atoms. The van der Waals surface area contributed by atoms with Crippen LogP contribution in [0.2, 0.25) is 0 Å². The summed E-state index contributed by atoms with van der Waals surface area (Å²) in [6.45, 7) is 1.91. The Bertz CT molecular complexity index is 1130. The van der Waals surface area contributed by atoms with Gasteiger partial charge in [0, 0.05) is 16.1 Å². The molecule has 7 nitrogen and oxygen atoms in total. The highest BCUT2D eigenvalue weighted by molar-refractivity contribution is 9.10. The lowest BCUT2D eigenvalue weighted by Gasteiger charge is -2.30. The number of hydrogen-bond donors (Lipinski definition) is 2. The van der Waals surface area contributed by atoms with Gasteiger partial charge in [-0.05, 0) is 36.2 Å². The average molecular weight is 514 g/mol. The Morgan fingerprint density at radius 1 is 1.25 bits per heavy atom. The van der Waals surface area contributed by atoms with E-state index in [2.05, 4.69) is 32.6 Å². The molecule has 2 amide bonds. The quantitative estimate of drug-likeness (QED) is 0.448. The highest BCUT2D eigenvalue weighted by Gasteiger charge is 2.44. The fourth-order valence-corrected chi connectivity index (χ4v) is 4.49. The van der Waals surface area contributed by atoms with Gasteiger partial charge in [0.1, 0.15) is 5.92 Å². The Morgan fingerprint density at radius 3 is 2.59 bits per heavy atom. The standard InChI is InChI=1S/C23H20BrN3O4S/c1-13-10-15(8-9-17(13)24)26-18(28)12-32-22-16(11-25)19(14-6-4-3-5-7-14)20(21(29)27-22)23(30)31-2/h3-10,19-20H,12H2,1-2H3,(H,26,28)(H,27,29)/t19-,20+/m1/s1. The third-order valence-electron chi connectivity index (χ3n) is 4.93. The van der Waals surface area contributed by atoms with Crippen molar-refractivity contribution in [2.24, 2.45) is 5.92 Å². The number of carbonyl (C=O) groups is 3. The maximum atomic E-state index is 12.8. The lowest BCUT2D eigenvalue weighted by molar-refractivity contribution is -0.150. The number of thioether (sulfide) groups is 1. The summed E-state index contributed by atoms with van der Waals surface area (Å²) in [5.41, 5.74) is 2.47. The van der Waals surface area contributed by atoms with Gasteiger partial charge < -0.3 is 15.4 Å². The van der Waals surface area contributed by atoms with Crippen molar-refractivity contribution in [1.29, 1.82) is 5.26 Å². The lowest BCUT2D eigenvalue weighted by atomic mass is 9.78. The van der Waals surface area contributed by atoms with Crippen molar-refractivity contribution in [2.45, 2.75) is 12.8 Å². The Labute approximate surface area is 198 Å². The minimum absolute atomic E-state index is 0.0275. The van der Waals surface area contributed by atoms with Crippen LogP contribution in [0.3, 0.4) is 0 Å². The molecule has 0 aromatic heterocycles. The molecule has 9 heteroatoms. The summed E-state index contributed by atoms with van der Waals surface area (Å²) in [4.78, 5) is 37.6. The highest BCUT2D eigenvalue weighted by Crippen LogP contribution is 2.40. The summed E-state index contributed by atoms with van der Waals surface area (Å²) >= 11 is 4.46. The summed E-state index contributed by atoms with van der Waals surface area (Å²) < 4.78 is 5.75. The summed E-state index contributed by atoms with van der Waals surface area (Å²) in [6.07, 6.45) is 0. The maximum absolute atomic E-state index is 12.8. The summed E-state index contributed by atoms with van der Waals surface area (Å²) in [5, 5.41) is 15.5. The predicted octanol–water partition coefficient (Wildman–Crippen LogP) is 3.87. The largest absolute Gasteiger partial charge is 0.468 e. The fourth-order valence-electron chi connectivity index (χ4n) is 3.40. The Kier molecular flexibility index (Phi) is 7.72. The number of allylic oxidation sites excluding steroid dienone is 1. The second-order valence-electron chi connectivity index (χ2n) is 7.03. The van der Waals surface area contributed by atoms with Crippen molar-refractivity contribution >= 4 is 51.2 Å². The Morgan fingerprint density at radius 2 is 1.97 bits per heavy atom. The molecule has 2 aromatic rings. The van der Waals surface area contributed by atoms with E-state index in [1.54, 1.807) is 36.4 Å². The molecule has 2 aromatic carbocycles. The third kappa shape index (κ3) is 5.21. The van der Waals surface area contributed by atoms with Crippen LogP contribution in [0.25, 0.3) is 0 Å². The number of ether oxygens (including phenoxy) is 1. The van der Waals surface area contributed by atoms with Crippen LogP contribution in [0.4, 0.5) is 5.69 Å². The molecule has 2 atom stereocenters. The van der Waals surface area contributed by atoms with Crippen molar-refractivity contribution in [3.8, 4) is 6.07 Å². The van der Waals surface area contributed by atoms with Gasteiger partial charge in [-0.15, -0.1) is 0 Å². The van der Waals surface area contributed by atoms with E-state index in [-0.39, 0.29) is 22.3 Å². The monoisotopic (exact) mass is 513 g/mol. The fraction of sp³-hybridized carbons (Fsp3) is 0.217. The molecule has 1 aliphatic rings. The number of hydrogen-bond acceptors (Lipinski definition) is 6. The van der Waals surface area contributed by atoms with Gasteiger partial charge in [-0.2, -0.15) is 5.26 Å². The maximum Gasteiger partial charge on any atom is 0.319 e. The number of esters is 1. The van der Waals surface area contributed by atoms with E-state index in [9.17, 15) is 19.6 Å². The number of anilines is 1. The second-order valence-corrected chi connectivity index (χ2v) is 8.87. The zero-order valence-electron chi connectivity index (χ0n) is 17.3. The van der Waals surface area contributed by atoms with Gasteiger partial charge in [-0.3, -0.25) is 14.4 Å². The average Bonchev–Trinajstić information content (AvgIpc) is 2.79. The first kappa shape index (κ1) is 23.6. The lowest BCUT2D eigenvalue weighted by Crippen LogP contribution is -2.44. The molecule has 3 rings (SSSR count). The van der Waals surface area contributed by atoms with Gasteiger partial charge in [-0.25, -0.2) is 0 Å². The van der Waals surface area contributed by atoms with Crippen LogP contribution in [-0.4, -0.2) is 30.6 Å². The molecule has 0 saturated carbocycles. The van der Waals surface area contributed by atoms with E-state index < -0.39 is 23.7 Å². The molecule has 0 radical (unpaired) electrons. The number of nitrogens with zero attached hydrogens (tertiary/aromatic N) is 1. The topological polar surface area (TPSA) is 108 Å². The van der Waals surface area contributed by atoms with Crippen LogP contribution in [0.15, 0.2) is 63.6 Å². The molecule has 1 aliphatic heterocycles. The molecule has 0 bridgehead atoms. The number of amides is 2. The molecule has 164 valence electrons. The molecule has 0 aliphatic carbocycles. The van der Waals surface area contributed by atoms with Crippen LogP contribution >= 0.6 is 27.7 Å². The molecule has 32 heavy (non-hydrogen) atoms. The van der Waals surface area contributed by atoms with Gasteiger partial charge >= 0.3 is 5.97 Å². The summed E-state index contributed by atoms with van der Waals surface area (Å²) in [6, 6.07) is 16.4. The summed E-state index contributed by atoms with van der Waals surface area (Å²) in [7, 11) is 1.20. The van der Waals surface area contributed by atoms with Crippen LogP contribution < -0.4 is 10.6 Å². The van der Waals surface area contributed by atoms with E-state index in [0.717, 1.165) is 21.8 Å². The highest BCUT2D eigenvalue weighted by atomic mass is 79.9.